The molecule has 28 heavy (non-hydrogen) atoms. The van der Waals surface area contributed by atoms with E-state index in [1.165, 1.54) is 13.2 Å². The summed E-state index contributed by atoms with van der Waals surface area (Å²) in [5, 5.41) is 48.5. The molecule has 1 fully saturated rings. The number of aliphatic hydroxyl groups is 4. The first-order valence-corrected chi connectivity index (χ1v) is 8.63. The second-order valence-corrected chi connectivity index (χ2v) is 6.74. The van der Waals surface area contributed by atoms with Crippen LogP contribution in [-0.2, 0) is 28.5 Å². The second kappa shape index (κ2) is 8.15. The fourth-order valence-electron chi connectivity index (χ4n) is 3.70. The normalized spacial score (nSPS) is 40.0. The Labute approximate surface area is 159 Å². The Hall–Kier alpha value is -2.02. The molecule has 0 aromatic carbocycles. The highest BCUT2D eigenvalue weighted by atomic mass is 16.8. The number of aliphatic carboxylic acids is 1. The van der Waals surface area contributed by atoms with E-state index in [1.54, 1.807) is 0 Å². The third-order valence-corrected chi connectivity index (χ3v) is 5.19. The van der Waals surface area contributed by atoms with E-state index >= 15 is 0 Å². The van der Waals surface area contributed by atoms with Crippen LogP contribution in [-0.4, -0.2) is 88.2 Å². The monoisotopic (exact) mass is 402 g/mol. The summed E-state index contributed by atoms with van der Waals surface area (Å²) in [5.41, 5.74) is 0.114. The van der Waals surface area contributed by atoms with Crippen LogP contribution in [0.3, 0.4) is 0 Å². The first-order valence-electron chi connectivity index (χ1n) is 8.63. The lowest BCUT2D eigenvalue weighted by atomic mass is 9.83. The third kappa shape index (κ3) is 3.52. The Kier molecular flexibility index (Phi) is 6.03. The van der Waals surface area contributed by atoms with E-state index < -0.39 is 67.4 Å². The molecule has 2 heterocycles. The van der Waals surface area contributed by atoms with E-state index in [-0.39, 0.29) is 17.6 Å². The van der Waals surface area contributed by atoms with Gasteiger partial charge in [0, 0.05) is 11.5 Å². The number of rotatable bonds is 5. The van der Waals surface area contributed by atoms with Crippen molar-refractivity contribution in [1.29, 1.82) is 0 Å². The molecule has 11 heteroatoms. The molecule has 0 unspecified atom stereocenters. The number of fused-ring (bicyclic) bond motifs is 1. The number of hydrogen-bond acceptors (Lipinski definition) is 10. The minimum absolute atomic E-state index is 0.0474. The van der Waals surface area contributed by atoms with E-state index in [1.807, 2.05) is 0 Å². The fourth-order valence-corrected chi connectivity index (χ4v) is 3.70. The van der Waals surface area contributed by atoms with Gasteiger partial charge < -0.3 is 44.5 Å². The highest BCUT2D eigenvalue weighted by Crippen LogP contribution is 2.44. The number of ether oxygens (including phenoxy) is 4. The summed E-state index contributed by atoms with van der Waals surface area (Å²) in [6.07, 6.45) is -6.02. The smallest absolute Gasteiger partial charge is 0.335 e. The lowest BCUT2D eigenvalue weighted by Crippen LogP contribution is -2.60. The summed E-state index contributed by atoms with van der Waals surface area (Å²) in [4.78, 5) is 23.6. The van der Waals surface area contributed by atoms with Crippen molar-refractivity contribution in [3.8, 4) is 0 Å². The Morgan fingerprint density at radius 3 is 2.46 bits per heavy atom. The molecular weight excluding hydrogens is 380 g/mol. The van der Waals surface area contributed by atoms with E-state index in [0.717, 1.165) is 6.26 Å². The van der Waals surface area contributed by atoms with Crippen molar-refractivity contribution in [2.24, 2.45) is 11.8 Å². The van der Waals surface area contributed by atoms with Crippen molar-refractivity contribution < 1.29 is 54.1 Å². The molecule has 11 nitrogen and oxygen atoms in total. The summed E-state index contributed by atoms with van der Waals surface area (Å²) in [6, 6.07) is 0. The molecule has 2 aliphatic heterocycles. The number of methoxy groups -OCH3 is 1. The maximum atomic E-state index is 12.1. The van der Waals surface area contributed by atoms with E-state index in [4.69, 9.17) is 18.9 Å². The summed E-state index contributed by atoms with van der Waals surface area (Å²) in [6.45, 7) is -0.640. The second-order valence-electron chi connectivity index (χ2n) is 6.74. The van der Waals surface area contributed by atoms with Crippen LogP contribution < -0.4 is 0 Å². The fraction of sp³-hybridized carbons (Fsp3) is 0.647. The Bertz CT molecular complexity index is 685. The average Bonchev–Trinajstić information content (AvgIpc) is 3.13. The average molecular weight is 402 g/mol. The van der Waals surface area contributed by atoms with Crippen LogP contribution in [0, 0.1) is 11.8 Å². The van der Waals surface area contributed by atoms with Crippen LogP contribution >= 0.6 is 0 Å². The van der Waals surface area contributed by atoms with Gasteiger partial charge in [0.25, 0.3) is 0 Å². The Morgan fingerprint density at radius 1 is 1.14 bits per heavy atom. The highest BCUT2D eigenvalue weighted by molar-refractivity contribution is 5.92. The summed E-state index contributed by atoms with van der Waals surface area (Å²) in [5.74, 6) is -3.36. The molecule has 0 spiro atoms. The number of hydrogen-bond donors (Lipinski definition) is 5. The molecular formula is C17H22O11. The maximum absolute atomic E-state index is 12.1. The van der Waals surface area contributed by atoms with Crippen LogP contribution in [0.2, 0.25) is 0 Å². The van der Waals surface area contributed by atoms with Gasteiger partial charge in [0.2, 0.25) is 6.29 Å². The van der Waals surface area contributed by atoms with Gasteiger partial charge in [-0.3, -0.25) is 0 Å². The summed E-state index contributed by atoms with van der Waals surface area (Å²) in [7, 11) is 1.18. The van der Waals surface area contributed by atoms with Crippen molar-refractivity contribution in [2.75, 3.05) is 13.7 Å². The van der Waals surface area contributed by atoms with Gasteiger partial charge in [0.1, 0.15) is 24.4 Å². The molecule has 3 rings (SSSR count). The number of esters is 1. The molecule has 0 bridgehead atoms. The summed E-state index contributed by atoms with van der Waals surface area (Å²) >= 11 is 0. The topological polar surface area (TPSA) is 172 Å². The van der Waals surface area contributed by atoms with Gasteiger partial charge in [-0.1, -0.05) is 6.08 Å². The Balaban J connectivity index is 1.85. The quantitative estimate of drug-likeness (QED) is 0.318. The molecule has 8 atom stereocenters. The SMILES string of the molecule is COC(=O)C1=CC[C@H]2C(C(=O)O)=CO[C@@H](O[C@H]3O[C@@H](CO)[C@@H](O)[C@@H](O)[C@H]3O)[C@@H]12. The van der Waals surface area contributed by atoms with E-state index in [9.17, 15) is 35.1 Å². The van der Waals surface area contributed by atoms with Gasteiger partial charge in [0.15, 0.2) is 6.29 Å². The molecule has 0 amide bonds. The molecule has 5 N–H and O–H groups in total. The number of carbonyl (C=O) groups is 2. The predicted octanol–water partition coefficient (Wildman–Crippen LogP) is -2.14. The molecule has 1 saturated heterocycles. The predicted molar refractivity (Wildman–Crippen MR) is 87.1 cm³/mol. The van der Waals surface area contributed by atoms with E-state index in [2.05, 4.69) is 0 Å². The van der Waals surface area contributed by atoms with Crippen LogP contribution in [0.1, 0.15) is 6.42 Å². The van der Waals surface area contributed by atoms with Crippen LogP contribution in [0.5, 0.6) is 0 Å². The van der Waals surface area contributed by atoms with Gasteiger partial charge in [-0.15, -0.1) is 0 Å². The lowest BCUT2D eigenvalue weighted by molar-refractivity contribution is -0.339. The largest absolute Gasteiger partial charge is 0.478 e. The van der Waals surface area contributed by atoms with Crippen molar-refractivity contribution in [2.45, 2.75) is 43.4 Å². The van der Waals surface area contributed by atoms with Gasteiger partial charge in [-0.2, -0.15) is 0 Å². The van der Waals surface area contributed by atoms with Crippen LogP contribution in [0.15, 0.2) is 23.5 Å². The highest BCUT2D eigenvalue weighted by Gasteiger charge is 2.51. The van der Waals surface area contributed by atoms with Crippen LogP contribution in [0.25, 0.3) is 0 Å². The number of allylic oxidation sites excluding steroid dienone is 1. The van der Waals surface area contributed by atoms with Crippen molar-refractivity contribution >= 4 is 11.9 Å². The molecule has 0 radical (unpaired) electrons. The zero-order chi connectivity index (χ0) is 20.6. The third-order valence-electron chi connectivity index (χ3n) is 5.19. The minimum atomic E-state index is -1.67. The van der Waals surface area contributed by atoms with Crippen molar-refractivity contribution in [3.63, 3.8) is 0 Å². The minimum Gasteiger partial charge on any atom is -0.478 e. The molecule has 1 aliphatic carbocycles. The molecule has 156 valence electrons. The molecule has 3 aliphatic rings. The number of carboxylic acid groups (broad SMARTS) is 1. The van der Waals surface area contributed by atoms with Crippen LogP contribution in [0.4, 0.5) is 0 Å². The van der Waals surface area contributed by atoms with E-state index in [0.29, 0.717) is 0 Å². The Morgan fingerprint density at radius 2 is 1.86 bits per heavy atom. The first kappa shape index (κ1) is 20.7. The molecule has 0 saturated carbocycles. The van der Waals surface area contributed by atoms with Gasteiger partial charge in [-0.05, 0) is 6.42 Å². The zero-order valence-corrected chi connectivity index (χ0v) is 14.9. The van der Waals surface area contributed by atoms with Gasteiger partial charge >= 0.3 is 11.9 Å². The lowest BCUT2D eigenvalue weighted by Gasteiger charge is -2.42. The number of carbonyl (C=O) groups excluding carboxylic acids is 1. The number of carboxylic acids is 1. The standard InChI is InChI=1S/C17H22O11/c1-25-15(24)7-3-2-6-8(14(22)23)5-26-16(10(6)7)28-17-13(21)12(20)11(19)9(4-18)27-17/h3,5-6,9-13,16-21H,2,4H2,1H3,(H,22,23)/t6-,9-,10+,11+,12+,13+,16-,17+/m0/s1. The van der Waals surface area contributed by atoms with Crippen molar-refractivity contribution in [3.05, 3.63) is 23.5 Å². The molecule has 0 aromatic heterocycles. The first-order chi connectivity index (χ1) is 13.3. The van der Waals surface area contributed by atoms with Crippen molar-refractivity contribution in [1.82, 2.24) is 0 Å². The summed E-state index contributed by atoms with van der Waals surface area (Å²) < 4.78 is 21.0. The van der Waals surface area contributed by atoms with Gasteiger partial charge in [-0.25, -0.2) is 9.59 Å². The zero-order valence-electron chi connectivity index (χ0n) is 14.9. The molecule has 0 aromatic rings. The maximum Gasteiger partial charge on any atom is 0.335 e. The van der Waals surface area contributed by atoms with Gasteiger partial charge in [0.05, 0.1) is 31.5 Å². The number of aliphatic hydroxyl groups excluding tert-OH is 4.